The maximum absolute atomic E-state index is 11.0. The van der Waals surface area contributed by atoms with Gasteiger partial charge in [-0.05, 0) is 24.5 Å². The van der Waals surface area contributed by atoms with Crippen molar-refractivity contribution in [2.45, 2.75) is 25.4 Å². The zero-order chi connectivity index (χ0) is 13.1. The van der Waals surface area contributed by atoms with Crippen LogP contribution >= 0.6 is 0 Å². The maximum atomic E-state index is 11.0. The molecule has 1 amide bonds. The minimum atomic E-state index is -0.861. The first kappa shape index (κ1) is 12.9. The van der Waals surface area contributed by atoms with Crippen LogP contribution in [-0.4, -0.2) is 42.4 Å². The molecule has 1 heterocycles. The summed E-state index contributed by atoms with van der Waals surface area (Å²) in [5.74, 6) is 0.284. The number of amides is 1. The van der Waals surface area contributed by atoms with Crippen LogP contribution < -0.4 is 0 Å². The SMILES string of the molecule is COC1CN(C(=O)O)CCC1c1ccccc1C. The topological polar surface area (TPSA) is 49.8 Å². The summed E-state index contributed by atoms with van der Waals surface area (Å²) < 4.78 is 5.49. The number of nitrogens with zero attached hydrogens (tertiary/aromatic N) is 1. The van der Waals surface area contributed by atoms with E-state index in [1.807, 2.05) is 12.1 Å². The van der Waals surface area contributed by atoms with Crippen LogP contribution in [0.2, 0.25) is 0 Å². The van der Waals surface area contributed by atoms with Crippen molar-refractivity contribution < 1.29 is 14.6 Å². The zero-order valence-electron chi connectivity index (χ0n) is 10.8. The summed E-state index contributed by atoms with van der Waals surface area (Å²) in [7, 11) is 1.65. The molecule has 1 fully saturated rings. The lowest BCUT2D eigenvalue weighted by Gasteiger charge is -2.37. The van der Waals surface area contributed by atoms with E-state index in [4.69, 9.17) is 9.84 Å². The maximum Gasteiger partial charge on any atom is 0.407 e. The number of hydrogen-bond donors (Lipinski definition) is 1. The van der Waals surface area contributed by atoms with Gasteiger partial charge in [0, 0.05) is 19.6 Å². The van der Waals surface area contributed by atoms with E-state index in [1.54, 1.807) is 7.11 Å². The average Bonchev–Trinajstić information content (AvgIpc) is 2.38. The van der Waals surface area contributed by atoms with Crippen molar-refractivity contribution >= 4 is 6.09 Å². The van der Waals surface area contributed by atoms with Crippen LogP contribution in [0.4, 0.5) is 4.79 Å². The van der Waals surface area contributed by atoms with Gasteiger partial charge in [-0.15, -0.1) is 0 Å². The third kappa shape index (κ3) is 2.48. The second-order valence-corrected chi connectivity index (χ2v) is 4.75. The van der Waals surface area contributed by atoms with E-state index in [1.165, 1.54) is 16.0 Å². The number of carboxylic acid groups (broad SMARTS) is 1. The fraction of sp³-hybridized carbons (Fsp3) is 0.500. The molecule has 2 atom stereocenters. The first-order chi connectivity index (χ1) is 8.63. The predicted molar refractivity (Wildman–Crippen MR) is 68.9 cm³/mol. The van der Waals surface area contributed by atoms with Gasteiger partial charge in [0.2, 0.25) is 0 Å². The lowest BCUT2D eigenvalue weighted by Crippen LogP contribution is -2.46. The minimum absolute atomic E-state index is 0.0593. The Morgan fingerprint density at radius 2 is 2.17 bits per heavy atom. The van der Waals surface area contributed by atoms with Gasteiger partial charge in [-0.25, -0.2) is 4.79 Å². The van der Waals surface area contributed by atoms with Crippen LogP contribution in [0.3, 0.4) is 0 Å². The Hall–Kier alpha value is -1.55. The van der Waals surface area contributed by atoms with E-state index in [2.05, 4.69) is 19.1 Å². The van der Waals surface area contributed by atoms with Crippen molar-refractivity contribution in [1.82, 2.24) is 4.90 Å². The molecule has 0 aliphatic carbocycles. The van der Waals surface area contributed by atoms with Crippen LogP contribution in [0.5, 0.6) is 0 Å². The Balaban J connectivity index is 2.19. The molecule has 0 aromatic heterocycles. The molecule has 0 bridgehead atoms. The highest BCUT2D eigenvalue weighted by atomic mass is 16.5. The second-order valence-electron chi connectivity index (χ2n) is 4.75. The number of methoxy groups -OCH3 is 1. The Morgan fingerprint density at radius 1 is 1.44 bits per heavy atom. The smallest absolute Gasteiger partial charge is 0.407 e. The van der Waals surface area contributed by atoms with E-state index in [0.29, 0.717) is 13.1 Å². The molecule has 0 saturated carbocycles. The largest absolute Gasteiger partial charge is 0.465 e. The quantitative estimate of drug-likeness (QED) is 0.876. The third-order valence-corrected chi connectivity index (χ3v) is 3.72. The molecule has 0 spiro atoms. The van der Waals surface area contributed by atoms with Gasteiger partial charge in [-0.3, -0.25) is 0 Å². The highest BCUT2D eigenvalue weighted by Crippen LogP contribution is 2.31. The van der Waals surface area contributed by atoms with Gasteiger partial charge in [-0.2, -0.15) is 0 Å². The van der Waals surface area contributed by atoms with Crippen molar-refractivity contribution in [1.29, 1.82) is 0 Å². The normalized spacial score (nSPS) is 24.0. The predicted octanol–water partition coefficient (Wildman–Crippen LogP) is 2.48. The summed E-state index contributed by atoms with van der Waals surface area (Å²) in [6, 6.07) is 8.25. The summed E-state index contributed by atoms with van der Waals surface area (Å²) in [5, 5.41) is 9.03. The third-order valence-electron chi connectivity index (χ3n) is 3.72. The fourth-order valence-corrected chi connectivity index (χ4v) is 2.69. The summed E-state index contributed by atoms with van der Waals surface area (Å²) >= 11 is 0. The molecule has 2 rings (SSSR count). The summed E-state index contributed by atoms with van der Waals surface area (Å²) in [5.41, 5.74) is 2.52. The first-order valence-corrected chi connectivity index (χ1v) is 6.19. The van der Waals surface area contributed by atoms with E-state index >= 15 is 0 Å². The van der Waals surface area contributed by atoms with Crippen LogP contribution in [0.15, 0.2) is 24.3 Å². The molecule has 1 saturated heterocycles. The molecule has 1 N–H and O–H groups in total. The van der Waals surface area contributed by atoms with Crippen LogP contribution in [-0.2, 0) is 4.74 Å². The second kappa shape index (κ2) is 5.40. The van der Waals surface area contributed by atoms with Crippen LogP contribution in [0.25, 0.3) is 0 Å². The fourth-order valence-electron chi connectivity index (χ4n) is 2.69. The number of carbonyl (C=O) groups is 1. The number of likely N-dealkylation sites (tertiary alicyclic amines) is 1. The molecule has 1 aromatic rings. The Bertz CT molecular complexity index is 433. The lowest BCUT2D eigenvalue weighted by molar-refractivity contribution is 0.0176. The van der Waals surface area contributed by atoms with Gasteiger partial charge >= 0.3 is 6.09 Å². The van der Waals surface area contributed by atoms with Crippen LogP contribution in [0, 0.1) is 6.92 Å². The number of piperidine rings is 1. The monoisotopic (exact) mass is 249 g/mol. The molecule has 4 heteroatoms. The summed E-state index contributed by atoms with van der Waals surface area (Å²) in [6.07, 6.45) is -0.105. The molecule has 2 unspecified atom stereocenters. The van der Waals surface area contributed by atoms with Crippen molar-refractivity contribution in [2.75, 3.05) is 20.2 Å². The Morgan fingerprint density at radius 3 is 2.78 bits per heavy atom. The zero-order valence-corrected chi connectivity index (χ0v) is 10.8. The van der Waals surface area contributed by atoms with Crippen LogP contribution in [0.1, 0.15) is 23.5 Å². The highest BCUT2D eigenvalue weighted by Gasteiger charge is 2.32. The molecule has 4 nitrogen and oxygen atoms in total. The minimum Gasteiger partial charge on any atom is -0.465 e. The van der Waals surface area contributed by atoms with Gasteiger partial charge in [0.05, 0.1) is 12.6 Å². The summed E-state index contributed by atoms with van der Waals surface area (Å²) in [6.45, 7) is 3.12. The molecule has 1 aromatic carbocycles. The molecular weight excluding hydrogens is 230 g/mol. The molecule has 0 radical (unpaired) electrons. The molecular formula is C14H19NO3. The lowest BCUT2D eigenvalue weighted by atomic mass is 9.85. The van der Waals surface area contributed by atoms with Gasteiger partial charge in [-0.1, -0.05) is 24.3 Å². The highest BCUT2D eigenvalue weighted by molar-refractivity contribution is 5.65. The molecule has 1 aliphatic rings. The van der Waals surface area contributed by atoms with Gasteiger partial charge < -0.3 is 14.7 Å². The number of ether oxygens (including phenoxy) is 1. The molecule has 1 aliphatic heterocycles. The van der Waals surface area contributed by atoms with Crippen molar-refractivity contribution in [3.8, 4) is 0 Å². The van der Waals surface area contributed by atoms with Gasteiger partial charge in [0.15, 0.2) is 0 Å². The summed E-state index contributed by atoms with van der Waals surface area (Å²) in [4.78, 5) is 12.4. The van der Waals surface area contributed by atoms with E-state index in [0.717, 1.165) is 6.42 Å². The standard InChI is InChI=1S/C14H19NO3/c1-10-5-3-4-6-11(10)12-7-8-15(14(16)17)9-13(12)18-2/h3-6,12-13H,7-9H2,1-2H3,(H,16,17). The molecule has 98 valence electrons. The number of benzene rings is 1. The number of hydrogen-bond acceptors (Lipinski definition) is 2. The van der Waals surface area contributed by atoms with Crippen molar-refractivity contribution in [3.05, 3.63) is 35.4 Å². The van der Waals surface area contributed by atoms with E-state index in [9.17, 15) is 4.79 Å². The average molecular weight is 249 g/mol. The Labute approximate surface area is 107 Å². The molecule has 18 heavy (non-hydrogen) atoms. The van der Waals surface area contributed by atoms with Gasteiger partial charge in [0.25, 0.3) is 0 Å². The van der Waals surface area contributed by atoms with Crippen molar-refractivity contribution in [3.63, 3.8) is 0 Å². The van der Waals surface area contributed by atoms with Crippen molar-refractivity contribution in [2.24, 2.45) is 0 Å². The van der Waals surface area contributed by atoms with E-state index < -0.39 is 6.09 Å². The Kier molecular flexibility index (Phi) is 3.87. The first-order valence-electron chi connectivity index (χ1n) is 6.19. The number of rotatable bonds is 2. The number of aryl methyl sites for hydroxylation is 1. The van der Waals surface area contributed by atoms with Gasteiger partial charge in [0.1, 0.15) is 0 Å². The van der Waals surface area contributed by atoms with E-state index in [-0.39, 0.29) is 12.0 Å².